The predicted molar refractivity (Wildman–Crippen MR) is 188 cm³/mol. The van der Waals surface area contributed by atoms with Crippen molar-refractivity contribution in [2.45, 2.75) is 31.1 Å². The standard InChI is InChI=1S/C40H27Br2N/c41-28-15-13-25(14-16-28)39-37-27-12-11-26(19-27)36(37)38-30-18-17-29(42)20-33(30)34-21-31(23-7-3-1-4-8-23)32(22-35(34)40(38)43-39)24-9-5-2-6-10-24/h1-10,13-18,20-22,26-27H,11-12,19H2. The highest BCUT2D eigenvalue weighted by atomic mass is 79.9. The second kappa shape index (κ2) is 9.87. The van der Waals surface area contributed by atoms with E-state index in [1.807, 2.05) is 0 Å². The molecule has 0 aliphatic heterocycles. The highest BCUT2D eigenvalue weighted by Gasteiger charge is 2.41. The first kappa shape index (κ1) is 25.7. The van der Waals surface area contributed by atoms with Crippen molar-refractivity contribution in [1.82, 2.24) is 4.98 Å². The number of benzene rings is 6. The van der Waals surface area contributed by atoms with E-state index < -0.39 is 0 Å². The van der Waals surface area contributed by atoms with Crippen LogP contribution < -0.4 is 0 Å². The van der Waals surface area contributed by atoms with E-state index in [4.69, 9.17) is 4.98 Å². The van der Waals surface area contributed by atoms with Gasteiger partial charge in [0.1, 0.15) is 0 Å². The van der Waals surface area contributed by atoms with Crippen molar-refractivity contribution < 1.29 is 0 Å². The van der Waals surface area contributed by atoms with Crippen LogP contribution in [0.3, 0.4) is 0 Å². The first-order valence-electron chi connectivity index (χ1n) is 15.1. The number of rotatable bonds is 3. The SMILES string of the molecule is Brc1ccc(-c2nc3c4cc(-c5ccccc5)c(-c5ccccc5)cc4c4cc(Br)ccc4c3c3c2C2CCC3C2)cc1. The summed E-state index contributed by atoms with van der Waals surface area (Å²) < 4.78 is 2.20. The van der Waals surface area contributed by atoms with Gasteiger partial charge in [-0.3, -0.25) is 0 Å². The lowest BCUT2D eigenvalue weighted by atomic mass is 9.82. The quantitative estimate of drug-likeness (QED) is 0.169. The summed E-state index contributed by atoms with van der Waals surface area (Å²) in [5.41, 5.74) is 11.5. The van der Waals surface area contributed by atoms with E-state index in [2.05, 4.69) is 147 Å². The van der Waals surface area contributed by atoms with E-state index in [0.717, 1.165) is 14.5 Å². The Kier molecular flexibility index (Phi) is 5.90. The average molecular weight is 681 g/mol. The summed E-state index contributed by atoms with van der Waals surface area (Å²) >= 11 is 7.47. The van der Waals surface area contributed by atoms with Crippen molar-refractivity contribution >= 4 is 64.3 Å². The molecule has 0 amide bonds. The molecule has 2 aliphatic rings. The van der Waals surface area contributed by atoms with Gasteiger partial charge in [0.05, 0.1) is 11.2 Å². The Bertz CT molecular complexity index is 2220. The largest absolute Gasteiger partial charge is 0.247 e. The van der Waals surface area contributed by atoms with Crippen molar-refractivity contribution in [1.29, 1.82) is 0 Å². The molecule has 0 spiro atoms. The summed E-state index contributed by atoms with van der Waals surface area (Å²) in [5.74, 6) is 1.19. The topological polar surface area (TPSA) is 12.9 Å². The number of halogens is 2. The fraction of sp³-hybridized carbons (Fsp3) is 0.125. The van der Waals surface area contributed by atoms with E-state index in [1.54, 1.807) is 5.56 Å². The molecule has 3 heteroatoms. The molecule has 6 aromatic carbocycles. The Balaban J connectivity index is 1.49. The van der Waals surface area contributed by atoms with Gasteiger partial charge in [-0.2, -0.15) is 0 Å². The van der Waals surface area contributed by atoms with Gasteiger partial charge in [0.15, 0.2) is 0 Å². The van der Waals surface area contributed by atoms with Crippen LogP contribution in [0.4, 0.5) is 0 Å². The lowest BCUT2D eigenvalue weighted by Crippen LogP contribution is -2.05. The van der Waals surface area contributed by atoms with Crippen molar-refractivity contribution in [2.24, 2.45) is 0 Å². The fourth-order valence-corrected chi connectivity index (χ4v) is 8.57. The van der Waals surface area contributed by atoms with Gasteiger partial charge in [-0.25, -0.2) is 4.98 Å². The lowest BCUT2D eigenvalue weighted by Gasteiger charge is -2.24. The summed E-state index contributed by atoms with van der Waals surface area (Å²) in [4.78, 5) is 5.68. The third kappa shape index (κ3) is 3.98. The molecule has 1 heterocycles. The van der Waals surface area contributed by atoms with Crippen molar-refractivity contribution in [2.75, 3.05) is 0 Å². The highest BCUT2D eigenvalue weighted by Crippen LogP contribution is 2.59. The minimum absolute atomic E-state index is 0.595. The van der Waals surface area contributed by atoms with Crippen LogP contribution in [-0.2, 0) is 0 Å². The van der Waals surface area contributed by atoms with Gasteiger partial charge in [-0.05, 0) is 117 Å². The number of hydrogen-bond donors (Lipinski definition) is 0. The Labute approximate surface area is 267 Å². The van der Waals surface area contributed by atoms with Gasteiger partial charge in [0.25, 0.3) is 0 Å². The first-order chi connectivity index (χ1) is 21.1. The molecule has 1 saturated carbocycles. The molecular formula is C40H27Br2N. The van der Waals surface area contributed by atoms with Gasteiger partial charge >= 0.3 is 0 Å². The second-order valence-electron chi connectivity index (χ2n) is 12.1. The van der Waals surface area contributed by atoms with Gasteiger partial charge in [-0.15, -0.1) is 0 Å². The predicted octanol–water partition coefficient (Wildman–Crippen LogP) is 12.4. The van der Waals surface area contributed by atoms with E-state index in [-0.39, 0.29) is 0 Å². The van der Waals surface area contributed by atoms with Crippen LogP contribution in [0.25, 0.3) is 66.0 Å². The molecule has 0 radical (unpaired) electrons. The summed E-state index contributed by atoms with van der Waals surface area (Å²) in [7, 11) is 0. The Morgan fingerprint density at radius 1 is 0.512 bits per heavy atom. The molecule has 0 saturated heterocycles. The third-order valence-corrected chi connectivity index (χ3v) is 10.8. The van der Waals surface area contributed by atoms with E-state index >= 15 is 0 Å². The molecule has 2 atom stereocenters. The Morgan fingerprint density at radius 2 is 1.09 bits per heavy atom. The maximum absolute atomic E-state index is 5.68. The third-order valence-electron chi connectivity index (χ3n) is 9.77. The minimum atomic E-state index is 0.595. The summed E-state index contributed by atoms with van der Waals surface area (Å²) in [6, 6.07) is 42.1. The van der Waals surface area contributed by atoms with Crippen LogP contribution in [-0.4, -0.2) is 4.98 Å². The minimum Gasteiger partial charge on any atom is -0.247 e. The van der Waals surface area contributed by atoms with Crippen molar-refractivity contribution in [3.05, 3.63) is 135 Å². The number of hydrogen-bond acceptors (Lipinski definition) is 1. The molecule has 43 heavy (non-hydrogen) atoms. The highest BCUT2D eigenvalue weighted by molar-refractivity contribution is 9.10. The molecule has 9 rings (SSSR count). The lowest BCUT2D eigenvalue weighted by molar-refractivity contribution is 0.721. The summed E-state index contributed by atoms with van der Waals surface area (Å²) in [6.07, 6.45) is 3.79. The van der Waals surface area contributed by atoms with Gasteiger partial charge in [-0.1, -0.05) is 111 Å². The van der Waals surface area contributed by atoms with Crippen LogP contribution in [0.15, 0.2) is 124 Å². The van der Waals surface area contributed by atoms with E-state index in [0.29, 0.717) is 11.8 Å². The second-order valence-corrected chi connectivity index (χ2v) is 13.9. The number of fused-ring (bicyclic) bond motifs is 12. The molecule has 1 fully saturated rings. The normalized spacial score (nSPS) is 17.3. The first-order valence-corrected chi connectivity index (χ1v) is 16.7. The maximum Gasteiger partial charge on any atom is 0.0797 e. The number of pyridine rings is 1. The van der Waals surface area contributed by atoms with Gasteiger partial charge < -0.3 is 0 Å². The molecule has 1 nitrogen and oxygen atoms in total. The van der Waals surface area contributed by atoms with Crippen LogP contribution >= 0.6 is 31.9 Å². The zero-order valence-corrected chi connectivity index (χ0v) is 26.6. The molecule has 7 aromatic rings. The van der Waals surface area contributed by atoms with Crippen LogP contribution in [0.5, 0.6) is 0 Å². The molecular weight excluding hydrogens is 654 g/mol. The van der Waals surface area contributed by atoms with Crippen LogP contribution in [0, 0.1) is 0 Å². The molecule has 2 unspecified atom stereocenters. The molecule has 2 aliphatic carbocycles. The van der Waals surface area contributed by atoms with Crippen molar-refractivity contribution in [3.63, 3.8) is 0 Å². The van der Waals surface area contributed by atoms with Gasteiger partial charge in [0, 0.05) is 25.3 Å². The molecule has 206 valence electrons. The molecule has 1 aromatic heterocycles. The number of aromatic nitrogens is 1. The van der Waals surface area contributed by atoms with Crippen molar-refractivity contribution in [3.8, 4) is 33.5 Å². The maximum atomic E-state index is 5.68. The average Bonchev–Trinajstić information content (AvgIpc) is 3.68. The van der Waals surface area contributed by atoms with E-state index in [1.165, 1.54) is 85.3 Å². The fourth-order valence-electron chi connectivity index (χ4n) is 7.95. The zero-order chi connectivity index (χ0) is 28.7. The van der Waals surface area contributed by atoms with E-state index in [9.17, 15) is 0 Å². The monoisotopic (exact) mass is 679 g/mol. The number of nitrogens with zero attached hydrogens (tertiary/aromatic N) is 1. The van der Waals surface area contributed by atoms with Gasteiger partial charge in [0.2, 0.25) is 0 Å². The van der Waals surface area contributed by atoms with Crippen LogP contribution in [0.2, 0.25) is 0 Å². The molecule has 0 N–H and O–H groups in total. The van der Waals surface area contributed by atoms with Crippen LogP contribution in [0.1, 0.15) is 42.2 Å². The Hall–Kier alpha value is -3.79. The molecule has 2 bridgehead atoms. The zero-order valence-electron chi connectivity index (χ0n) is 23.4. The summed E-state index contributed by atoms with van der Waals surface area (Å²) in [6.45, 7) is 0. The smallest absolute Gasteiger partial charge is 0.0797 e. The Morgan fingerprint density at radius 3 is 1.77 bits per heavy atom. The summed E-state index contributed by atoms with van der Waals surface area (Å²) in [5, 5.41) is 6.44.